The highest BCUT2D eigenvalue weighted by Crippen LogP contribution is 2.40. The van der Waals surface area contributed by atoms with Crippen LogP contribution in [0.5, 0.6) is 11.5 Å². The standard InChI is InChI=1S/C55H68N5O11PS/c1-7-46(40-12-9-8-10-13-40)50(42-21-25-45(26-22-42)71-72(65,66)67)41-19-23-44(24-20-41)70-33-30-59(6)49(62)28-32-69-35-34-68-31-27-48(61)58-52(55(3,4)5)54(64)60-29-11-14-47(60)53(63)56-36-39-15-17-43(18-16-39)51-38(2)57-37-73-51/h8-10,12-13,15-26,37,47,52H,7,11,14,27-36H2,1-6H3,(H,56,63)(H,58,61)(H2,65,66,67)/b50-46+/t47-,52?/m0/s1. The maximum Gasteiger partial charge on any atom is 0.524 e. The fraction of sp³-hybridized carbons (Fsp3) is 0.400. The second-order valence-corrected chi connectivity index (χ2v) is 20.8. The average molecular weight is 1040 g/mol. The van der Waals surface area contributed by atoms with E-state index < -0.39 is 25.3 Å². The monoisotopic (exact) mass is 1040 g/mol. The van der Waals surface area contributed by atoms with Gasteiger partial charge >= 0.3 is 7.82 Å². The number of carbonyl (C=O) groups is 4. The second kappa shape index (κ2) is 26.7. The molecule has 2 heterocycles. The van der Waals surface area contributed by atoms with Crippen LogP contribution >= 0.6 is 19.2 Å². The lowest BCUT2D eigenvalue weighted by atomic mass is 9.85. The summed E-state index contributed by atoms with van der Waals surface area (Å²) < 4.78 is 33.5. The largest absolute Gasteiger partial charge is 0.524 e. The summed E-state index contributed by atoms with van der Waals surface area (Å²) in [6.07, 6.45) is 2.15. The zero-order valence-corrected chi connectivity index (χ0v) is 44.2. The molecule has 1 aromatic heterocycles. The number of thiazole rings is 1. The molecule has 2 atom stereocenters. The Morgan fingerprint density at radius 3 is 2.05 bits per heavy atom. The number of ether oxygens (including phenoxy) is 3. The Morgan fingerprint density at radius 1 is 0.836 bits per heavy atom. The van der Waals surface area contributed by atoms with Crippen LogP contribution in [-0.2, 0) is 39.8 Å². The summed E-state index contributed by atoms with van der Waals surface area (Å²) in [7, 11) is -3.00. The smallest absolute Gasteiger partial charge is 0.492 e. The van der Waals surface area contributed by atoms with Crippen LogP contribution in [0.15, 0.2) is 109 Å². The number of carbonyl (C=O) groups excluding carboxylic acids is 4. The van der Waals surface area contributed by atoms with Gasteiger partial charge in [-0.05, 0) is 94.8 Å². The molecule has 4 aromatic carbocycles. The van der Waals surface area contributed by atoms with Crippen LogP contribution in [0.3, 0.4) is 0 Å². The van der Waals surface area contributed by atoms with E-state index in [0.29, 0.717) is 38.2 Å². The first kappa shape index (κ1) is 56.1. The third-order valence-corrected chi connectivity index (χ3v) is 13.8. The molecule has 4 N–H and O–H groups in total. The Bertz CT molecular complexity index is 2680. The van der Waals surface area contributed by atoms with Crippen LogP contribution in [0.1, 0.15) is 87.7 Å². The molecule has 18 heteroatoms. The molecule has 5 aromatic rings. The fourth-order valence-electron chi connectivity index (χ4n) is 8.49. The zero-order chi connectivity index (χ0) is 52.5. The fourth-order valence-corrected chi connectivity index (χ4v) is 9.70. The topological polar surface area (TPSA) is 206 Å². The van der Waals surface area contributed by atoms with Crippen molar-refractivity contribution in [3.8, 4) is 21.9 Å². The maximum atomic E-state index is 14.0. The maximum absolute atomic E-state index is 14.0. The second-order valence-electron chi connectivity index (χ2n) is 18.8. The third-order valence-electron chi connectivity index (χ3n) is 12.4. The molecule has 16 nitrogen and oxygen atoms in total. The van der Waals surface area contributed by atoms with Crippen LogP contribution in [0.4, 0.5) is 0 Å². The number of amides is 4. The normalized spacial score (nSPS) is 14.5. The van der Waals surface area contributed by atoms with Crippen molar-refractivity contribution in [1.29, 1.82) is 0 Å². The average Bonchev–Trinajstić information content (AvgIpc) is 4.04. The number of likely N-dealkylation sites (tertiary alicyclic amines) is 1. The minimum absolute atomic E-state index is 0.0309. The molecule has 73 heavy (non-hydrogen) atoms. The number of nitrogens with zero attached hydrogens (tertiary/aromatic N) is 3. The number of allylic oxidation sites excluding steroid dienone is 1. The summed E-state index contributed by atoms with van der Waals surface area (Å²) in [6.45, 7) is 11.9. The molecule has 6 rings (SSSR count). The highest BCUT2D eigenvalue weighted by atomic mass is 32.1. The van der Waals surface area contributed by atoms with E-state index in [9.17, 15) is 33.5 Å². The van der Waals surface area contributed by atoms with Crippen molar-refractivity contribution in [2.24, 2.45) is 5.41 Å². The minimum Gasteiger partial charge on any atom is -0.492 e. The van der Waals surface area contributed by atoms with E-state index >= 15 is 0 Å². The first-order valence-corrected chi connectivity index (χ1v) is 27.0. The molecular formula is C55H68N5O11PS. The van der Waals surface area contributed by atoms with Crippen molar-refractivity contribution in [1.82, 2.24) is 25.4 Å². The number of likely N-dealkylation sites (N-methyl/N-ethyl adjacent to an activating group) is 1. The van der Waals surface area contributed by atoms with Gasteiger partial charge < -0.3 is 39.2 Å². The molecule has 0 radical (unpaired) electrons. The molecule has 1 saturated heterocycles. The van der Waals surface area contributed by atoms with Crippen molar-refractivity contribution in [3.05, 3.63) is 137 Å². The van der Waals surface area contributed by atoms with Gasteiger partial charge in [-0.2, -0.15) is 0 Å². The molecule has 1 aliphatic rings. The number of aromatic nitrogens is 1. The van der Waals surface area contributed by atoms with Gasteiger partial charge in [0.1, 0.15) is 30.2 Å². The Hall–Kier alpha value is -6.20. The van der Waals surface area contributed by atoms with E-state index in [1.807, 2.05) is 112 Å². The lowest BCUT2D eigenvalue weighted by molar-refractivity contribution is -0.144. The van der Waals surface area contributed by atoms with Gasteiger partial charge in [0.15, 0.2) is 0 Å². The van der Waals surface area contributed by atoms with Gasteiger partial charge in [0.2, 0.25) is 23.6 Å². The van der Waals surface area contributed by atoms with Gasteiger partial charge in [0, 0.05) is 26.6 Å². The minimum atomic E-state index is -4.70. The molecule has 0 spiro atoms. The molecule has 0 bridgehead atoms. The number of hydrogen-bond acceptors (Lipinski definition) is 11. The van der Waals surface area contributed by atoms with Crippen molar-refractivity contribution >= 4 is 53.9 Å². The van der Waals surface area contributed by atoms with E-state index in [1.54, 1.807) is 40.3 Å². The van der Waals surface area contributed by atoms with E-state index in [4.69, 9.17) is 18.7 Å². The molecule has 0 aliphatic carbocycles. The van der Waals surface area contributed by atoms with Gasteiger partial charge in [-0.15, -0.1) is 11.3 Å². The number of aryl methyl sites for hydroxylation is 1. The van der Waals surface area contributed by atoms with Gasteiger partial charge in [-0.1, -0.05) is 107 Å². The van der Waals surface area contributed by atoms with E-state index in [2.05, 4.69) is 22.5 Å². The number of hydrogen-bond donors (Lipinski definition) is 4. The summed E-state index contributed by atoms with van der Waals surface area (Å²) in [4.78, 5) is 80.4. The van der Waals surface area contributed by atoms with Gasteiger partial charge in [-0.3, -0.25) is 29.0 Å². The van der Waals surface area contributed by atoms with Gasteiger partial charge in [-0.25, -0.2) is 9.55 Å². The summed E-state index contributed by atoms with van der Waals surface area (Å²) in [5.41, 5.74) is 9.07. The van der Waals surface area contributed by atoms with Crippen molar-refractivity contribution < 1.29 is 52.3 Å². The molecule has 1 unspecified atom stereocenters. The SMILES string of the molecule is CC/C(=C(/c1ccc(OCCN(C)C(=O)CCOCCOCCC(=O)NC(C(=O)N2CCC[C@H]2C(=O)NCc2ccc(-c3scnc3C)cc2)C(C)(C)C)cc1)c1ccc(OP(=O)(O)O)cc1)c1ccccc1. The molecule has 1 aliphatic heterocycles. The molecule has 4 amide bonds. The quantitative estimate of drug-likeness (QED) is 0.0247. The van der Waals surface area contributed by atoms with Crippen LogP contribution in [0, 0.1) is 12.3 Å². The number of nitrogens with one attached hydrogen (secondary N) is 2. The summed E-state index contributed by atoms with van der Waals surface area (Å²) >= 11 is 1.59. The summed E-state index contributed by atoms with van der Waals surface area (Å²) in [5, 5.41) is 5.92. The Labute approximate surface area is 432 Å². The summed E-state index contributed by atoms with van der Waals surface area (Å²) in [6, 6.07) is 30.8. The lowest BCUT2D eigenvalue weighted by Gasteiger charge is -2.35. The number of rotatable bonds is 25. The van der Waals surface area contributed by atoms with Crippen molar-refractivity contribution in [2.75, 3.05) is 53.2 Å². The first-order valence-electron chi connectivity index (χ1n) is 24.6. The number of phosphoric ester groups is 1. The highest BCUT2D eigenvalue weighted by molar-refractivity contribution is 7.46. The van der Waals surface area contributed by atoms with E-state index in [0.717, 1.165) is 56.0 Å². The van der Waals surface area contributed by atoms with E-state index in [1.165, 1.54) is 12.1 Å². The van der Waals surface area contributed by atoms with Crippen LogP contribution in [0.2, 0.25) is 0 Å². The van der Waals surface area contributed by atoms with Gasteiger partial charge in [0.05, 0.1) is 55.5 Å². The van der Waals surface area contributed by atoms with Crippen LogP contribution in [0.25, 0.3) is 21.6 Å². The van der Waals surface area contributed by atoms with E-state index in [-0.39, 0.29) is 75.3 Å². The Morgan fingerprint density at radius 2 is 1.47 bits per heavy atom. The predicted molar refractivity (Wildman–Crippen MR) is 282 cm³/mol. The first-order chi connectivity index (χ1) is 34.9. The highest BCUT2D eigenvalue weighted by Gasteiger charge is 2.41. The third kappa shape index (κ3) is 16.7. The van der Waals surface area contributed by atoms with Crippen molar-refractivity contribution in [3.63, 3.8) is 0 Å². The zero-order valence-electron chi connectivity index (χ0n) is 42.5. The number of benzene rings is 4. The molecule has 390 valence electrons. The van der Waals surface area contributed by atoms with Crippen molar-refractivity contribution in [2.45, 2.75) is 85.4 Å². The van der Waals surface area contributed by atoms with Crippen LogP contribution in [-0.4, -0.2) is 113 Å². The molecular weight excluding hydrogens is 970 g/mol. The Kier molecular flexibility index (Phi) is 20.5. The predicted octanol–water partition coefficient (Wildman–Crippen LogP) is 8.45. The Balaban J connectivity index is 0.873. The molecule has 1 fully saturated rings. The van der Waals surface area contributed by atoms with Crippen LogP contribution < -0.4 is 19.9 Å². The molecule has 0 saturated carbocycles. The number of phosphoric acid groups is 1. The lowest BCUT2D eigenvalue weighted by Crippen LogP contribution is -2.57. The van der Waals surface area contributed by atoms with Gasteiger partial charge in [0.25, 0.3) is 0 Å². The summed E-state index contributed by atoms with van der Waals surface area (Å²) in [5.74, 6) is -0.257.